The molecule has 0 unspecified atom stereocenters. The van der Waals surface area contributed by atoms with E-state index in [2.05, 4.69) is 20.7 Å². The second-order valence-corrected chi connectivity index (χ2v) is 13.5. The zero-order valence-corrected chi connectivity index (χ0v) is 24.3. The SMILES string of the molecule is CCn1nc(C(=O)NC[C@H]2CC[C@H](S(C)(=O)=O)CC2)c(Cl)c1-c1cnc(NCC2(C(F)(F)F)CCC2)cc1OC. The molecule has 222 valence electrons. The van der Waals surface area contributed by atoms with E-state index >= 15 is 0 Å². The predicted octanol–water partition coefficient (Wildman–Crippen LogP) is 5.10. The quantitative estimate of drug-likeness (QED) is 0.387. The van der Waals surface area contributed by atoms with E-state index in [0.29, 0.717) is 62.2 Å². The summed E-state index contributed by atoms with van der Waals surface area (Å²) >= 11 is 6.66. The second kappa shape index (κ2) is 11.8. The Hall–Kier alpha value is -2.54. The van der Waals surface area contributed by atoms with Gasteiger partial charge in [-0.05, 0) is 51.4 Å². The van der Waals surface area contributed by atoms with E-state index in [1.165, 1.54) is 25.6 Å². The lowest BCUT2D eigenvalue weighted by atomic mass is 9.68. The summed E-state index contributed by atoms with van der Waals surface area (Å²) < 4.78 is 71.3. The summed E-state index contributed by atoms with van der Waals surface area (Å²) in [6.07, 6.45) is 1.66. The number of aromatic nitrogens is 3. The average Bonchev–Trinajstić information content (AvgIpc) is 3.21. The van der Waals surface area contributed by atoms with Crippen molar-refractivity contribution in [2.24, 2.45) is 11.3 Å². The number of carbonyl (C=O) groups is 1. The molecule has 0 aliphatic heterocycles. The van der Waals surface area contributed by atoms with Crippen LogP contribution in [0.25, 0.3) is 11.3 Å². The maximum Gasteiger partial charge on any atom is 0.396 e. The first kappa shape index (κ1) is 30.4. The average molecular weight is 606 g/mol. The highest BCUT2D eigenvalue weighted by Crippen LogP contribution is 2.53. The van der Waals surface area contributed by atoms with Crippen LogP contribution >= 0.6 is 11.6 Å². The number of amides is 1. The van der Waals surface area contributed by atoms with Crippen LogP contribution in [0.15, 0.2) is 12.3 Å². The molecular weight excluding hydrogens is 571 g/mol. The zero-order chi connectivity index (χ0) is 29.3. The number of anilines is 1. The van der Waals surface area contributed by atoms with Gasteiger partial charge in [-0.2, -0.15) is 18.3 Å². The lowest BCUT2D eigenvalue weighted by Crippen LogP contribution is -2.48. The van der Waals surface area contributed by atoms with Gasteiger partial charge in [0.1, 0.15) is 21.4 Å². The molecule has 2 aliphatic carbocycles. The lowest BCUT2D eigenvalue weighted by Gasteiger charge is -2.43. The van der Waals surface area contributed by atoms with Gasteiger partial charge in [-0.15, -0.1) is 0 Å². The van der Waals surface area contributed by atoms with Crippen LogP contribution in [0.3, 0.4) is 0 Å². The largest absolute Gasteiger partial charge is 0.496 e. The number of alkyl halides is 3. The molecule has 2 aromatic rings. The molecule has 2 fully saturated rings. The predicted molar refractivity (Wildman–Crippen MR) is 146 cm³/mol. The summed E-state index contributed by atoms with van der Waals surface area (Å²) in [6, 6.07) is 1.51. The Morgan fingerprint density at radius 1 is 1.25 bits per heavy atom. The minimum Gasteiger partial charge on any atom is -0.496 e. The van der Waals surface area contributed by atoms with Crippen molar-refractivity contribution in [3.8, 4) is 17.0 Å². The first-order valence-corrected chi connectivity index (χ1v) is 15.7. The Morgan fingerprint density at radius 2 is 1.93 bits per heavy atom. The maximum absolute atomic E-state index is 13.5. The third kappa shape index (κ3) is 6.19. The molecule has 4 rings (SSSR count). The molecule has 14 heteroatoms. The van der Waals surface area contributed by atoms with Crippen LogP contribution in [0.2, 0.25) is 5.02 Å². The molecule has 0 atom stereocenters. The third-order valence-corrected chi connectivity index (χ3v) is 10.3. The summed E-state index contributed by atoms with van der Waals surface area (Å²) in [5, 5.41) is 9.85. The van der Waals surface area contributed by atoms with Crippen molar-refractivity contribution in [2.45, 2.75) is 69.8 Å². The molecule has 0 radical (unpaired) electrons. The summed E-state index contributed by atoms with van der Waals surface area (Å²) in [7, 11) is -1.64. The number of ether oxygens (including phenoxy) is 1. The van der Waals surface area contributed by atoms with E-state index < -0.39 is 27.3 Å². The molecule has 2 aromatic heterocycles. The Bertz CT molecular complexity index is 1340. The van der Waals surface area contributed by atoms with E-state index in [-0.39, 0.29) is 47.1 Å². The molecule has 40 heavy (non-hydrogen) atoms. The minimum absolute atomic E-state index is 0.0321. The van der Waals surface area contributed by atoms with E-state index in [4.69, 9.17) is 16.3 Å². The van der Waals surface area contributed by atoms with Crippen molar-refractivity contribution in [1.82, 2.24) is 20.1 Å². The number of aryl methyl sites for hydroxylation is 1. The Balaban J connectivity index is 1.47. The van der Waals surface area contributed by atoms with Crippen molar-refractivity contribution < 1.29 is 31.1 Å². The fourth-order valence-electron chi connectivity index (χ4n) is 5.46. The molecule has 2 aliphatic rings. The first-order chi connectivity index (χ1) is 18.8. The van der Waals surface area contributed by atoms with Crippen LogP contribution in [0, 0.1) is 11.3 Å². The molecular formula is C26H35ClF3N5O4S. The number of sulfone groups is 1. The summed E-state index contributed by atoms with van der Waals surface area (Å²) in [5.41, 5.74) is -0.867. The second-order valence-electron chi connectivity index (χ2n) is 10.8. The fraction of sp³-hybridized carbons (Fsp3) is 0.654. The van der Waals surface area contributed by atoms with Gasteiger partial charge in [0.05, 0.1) is 34.1 Å². The van der Waals surface area contributed by atoms with E-state index in [9.17, 15) is 26.4 Å². The number of pyridine rings is 1. The van der Waals surface area contributed by atoms with Gasteiger partial charge < -0.3 is 15.4 Å². The number of nitrogens with one attached hydrogen (secondary N) is 2. The summed E-state index contributed by atoms with van der Waals surface area (Å²) in [4.78, 5) is 17.3. The number of hydrogen-bond acceptors (Lipinski definition) is 7. The van der Waals surface area contributed by atoms with Crippen LogP contribution in [0.5, 0.6) is 5.75 Å². The van der Waals surface area contributed by atoms with E-state index in [0.717, 1.165) is 0 Å². The standard InChI is InChI=1S/C26H35ClF3N5O4S/c1-4-35-23(18-14-31-20(12-19(18)39-2)33-15-25(10-5-11-25)26(28,29)30)21(27)22(34-35)24(36)32-13-16-6-8-17(9-7-16)40(3,37)38/h12,14,16-17H,4-11,13,15H2,1-3H3,(H,31,33)(H,32,36)/t16-,17-. The fourth-order valence-corrected chi connectivity index (χ4v) is 6.91. The van der Waals surface area contributed by atoms with Crippen molar-refractivity contribution in [3.63, 3.8) is 0 Å². The van der Waals surface area contributed by atoms with Gasteiger partial charge in [-0.3, -0.25) is 9.48 Å². The molecule has 0 bridgehead atoms. The van der Waals surface area contributed by atoms with Crippen molar-refractivity contribution >= 4 is 33.2 Å². The van der Waals surface area contributed by atoms with Crippen molar-refractivity contribution in [2.75, 3.05) is 31.8 Å². The summed E-state index contributed by atoms with van der Waals surface area (Å²) in [5.74, 6) is 0.262. The first-order valence-electron chi connectivity index (χ1n) is 13.4. The van der Waals surface area contributed by atoms with Gasteiger partial charge in [-0.25, -0.2) is 13.4 Å². The van der Waals surface area contributed by atoms with Gasteiger partial charge in [0, 0.05) is 38.2 Å². The Kier molecular flexibility index (Phi) is 8.94. The smallest absolute Gasteiger partial charge is 0.396 e. The minimum atomic E-state index is -4.30. The molecule has 0 aromatic carbocycles. The highest BCUT2D eigenvalue weighted by atomic mass is 35.5. The summed E-state index contributed by atoms with van der Waals surface area (Å²) in [6.45, 7) is 2.32. The zero-order valence-electron chi connectivity index (χ0n) is 22.8. The number of rotatable bonds is 10. The van der Waals surface area contributed by atoms with Gasteiger partial charge in [0.2, 0.25) is 0 Å². The van der Waals surface area contributed by atoms with Crippen LogP contribution in [-0.2, 0) is 16.4 Å². The van der Waals surface area contributed by atoms with Crippen LogP contribution < -0.4 is 15.4 Å². The van der Waals surface area contributed by atoms with Gasteiger partial charge in [0.25, 0.3) is 5.91 Å². The molecule has 0 spiro atoms. The van der Waals surface area contributed by atoms with Gasteiger partial charge in [0.15, 0.2) is 5.69 Å². The molecule has 0 saturated heterocycles. The number of halogens is 4. The molecule has 2 heterocycles. The van der Waals surface area contributed by atoms with Gasteiger partial charge >= 0.3 is 6.18 Å². The maximum atomic E-state index is 13.5. The van der Waals surface area contributed by atoms with E-state index in [1.54, 1.807) is 4.68 Å². The Labute approximate surface area is 237 Å². The normalized spacial score (nSPS) is 21.0. The molecule has 9 nitrogen and oxygen atoms in total. The number of nitrogens with zero attached hydrogens (tertiary/aromatic N) is 3. The number of hydrogen-bond donors (Lipinski definition) is 2. The van der Waals surface area contributed by atoms with Gasteiger partial charge in [-0.1, -0.05) is 18.0 Å². The molecule has 2 saturated carbocycles. The van der Waals surface area contributed by atoms with Crippen LogP contribution in [0.1, 0.15) is 62.4 Å². The third-order valence-electron chi connectivity index (χ3n) is 8.22. The highest BCUT2D eigenvalue weighted by molar-refractivity contribution is 7.91. The highest BCUT2D eigenvalue weighted by Gasteiger charge is 2.57. The van der Waals surface area contributed by atoms with E-state index in [1.807, 2.05) is 6.92 Å². The monoisotopic (exact) mass is 605 g/mol. The van der Waals surface area contributed by atoms with Crippen LogP contribution in [0.4, 0.5) is 19.0 Å². The Morgan fingerprint density at radius 3 is 2.45 bits per heavy atom. The molecule has 2 N–H and O–H groups in total. The number of methoxy groups -OCH3 is 1. The topological polar surface area (TPSA) is 115 Å². The number of carbonyl (C=O) groups excluding carboxylic acids is 1. The van der Waals surface area contributed by atoms with Crippen LogP contribution in [-0.4, -0.2) is 67.0 Å². The molecule has 1 amide bonds. The van der Waals surface area contributed by atoms with Crippen molar-refractivity contribution in [3.05, 3.63) is 23.0 Å². The lowest BCUT2D eigenvalue weighted by molar-refractivity contribution is -0.244. The van der Waals surface area contributed by atoms with Crippen molar-refractivity contribution in [1.29, 1.82) is 0 Å².